The van der Waals surface area contributed by atoms with E-state index < -0.39 is 18.3 Å². The van der Waals surface area contributed by atoms with Gasteiger partial charge in [0.2, 0.25) is 5.78 Å². The molecule has 3 atom stereocenters. The molecule has 0 aromatic rings. The highest BCUT2D eigenvalue weighted by molar-refractivity contribution is 6.01. The second-order valence-corrected chi connectivity index (χ2v) is 4.35. The Morgan fingerprint density at radius 3 is 2.83 bits per heavy atom. The Hall–Kier alpha value is -1.53. The smallest absolute Gasteiger partial charge is 0.275 e. The van der Waals surface area contributed by atoms with Gasteiger partial charge in [0.1, 0.15) is 12.2 Å². The fourth-order valence-electron chi connectivity index (χ4n) is 1.98. The largest absolute Gasteiger partial charge is 0.467 e. The van der Waals surface area contributed by atoms with Crippen LogP contribution in [0.5, 0.6) is 0 Å². The topological polar surface area (TPSA) is 85.2 Å². The number of nitrogens with zero attached hydrogens (tertiary/aromatic N) is 1. The molecular weight excluding hydrogens is 238 g/mol. The number of aliphatic imine (C=N–C) groups is 1. The van der Waals surface area contributed by atoms with Crippen molar-refractivity contribution in [1.82, 2.24) is 0 Å². The van der Waals surface area contributed by atoms with E-state index in [1.165, 1.54) is 6.92 Å². The van der Waals surface area contributed by atoms with E-state index in [0.717, 1.165) is 0 Å². The van der Waals surface area contributed by atoms with E-state index in [0.29, 0.717) is 12.0 Å². The Labute approximate surface area is 104 Å². The molecule has 3 unspecified atom stereocenters. The van der Waals surface area contributed by atoms with Crippen molar-refractivity contribution in [1.29, 1.82) is 0 Å². The second kappa shape index (κ2) is 4.99. The molecule has 0 spiro atoms. The van der Waals surface area contributed by atoms with Crippen LogP contribution in [0.1, 0.15) is 20.3 Å². The fraction of sp³-hybridized carbons (Fsp3) is 0.583. The number of carbonyl (C=O) groups excluding carboxylic acids is 2. The molecule has 0 aromatic carbocycles. The summed E-state index contributed by atoms with van der Waals surface area (Å²) in [6.07, 6.45) is -0.0793. The molecule has 1 N–H and O–H groups in total. The van der Waals surface area contributed by atoms with Gasteiger partial charge in [-0.05, 0) is 13.3 Å². The molecule has 1 amide bonds. The summed E-state index contributed by atoms with van der Waals surface area (Å²) in [4.78, 5) is 27.2. The van der Waals surface area contributed by atoms with Crippen LogP contribution in [0.15, 0.2) is 16.6 Å². The predicted molar refractivity (Wildman–Crippen MR) is 62.1 cm³/mol. The average Bonchev–Trinajstić information content (AvgIpc) is 2.64. The molecule has 18 heavy (non-hydrogen) atoms. The van der Waals surface area contributed by atoms with Crippen molar-refractivity contribution < 1.29 is 24.2 Å². The lowest BCUT2D eigenvalue weighted by atomic mass is 10.1. The SMILES string of the molecule is C/C1=C/CC2OC(CO)C(=O)C2O/C(C)=N/C1=O. The average molecular weight is 253 g/mol. The quantitative estimate of drug-likeness (QED) is 0.710. The van der Waals surface area contributed by atoms with Crippen LogP contribution >= 0.6 is 0 Å². The van der Waals surface area contributed by atoms with E-state index in [1.54, 1.807) is 13.0 Å². The Bertz CT molecular complexity index is 440. The van der Waals surface area contributed by atoms with Crippen molar-refractivity contribution in [2.75, 3.05) is 6.61 Å². The highest BCUT2D eigenvalue weighted by atomic mass is 16.6. The van der Waals surface area contributed by atoms with Gasteiger partial charge in [-0.3, -0.25) is 9.59 Å². The number of Topliss-reactive ketones (excluding diaryl/α,β-unsaturated/α-hetero) is 1. The lowest BCUT2D eigenvalue weighted by Gasteiger charge is -2.15. The van der Waals surface area contributed by atoms with Gasteiger partial charge in [-0.2, -0.15) is 4.99 Å². The van der Waals surface area contributed by atoms with E-state index in [4.69, 9.17) is 14.6 Å². The summed E-state index contributed by atoms with van der Waals surface area (Å²) in [7, 11) is 0. The summed E-state index contributed by atoms with van der Waals surface area (Å²) in [6, 6.07) is 0. The molecule has 1 saturated heterocycles. The van der Waals surface area contributed by atoms with Gasteiger partial charge in [0.15, 0.2) is 12.0 Å². The number of amides is 1. The molecule has 6 heteroatoms. The Kier molecular flexibility index (Phi) is 3.58. The van der Waals surface area contributed by atoms with Crippen molar-refractivity contribution in [2.45, 2.75) is 38.6 Å². The standard InChI is InChI=1S/C12H15NO5/c1-6-3-4-8-11(10(15)9(5-14)18-8)17-7(2)13-12(6)16/h3,8-9,11,14H,4-5H2,1-2H3/b6-3-,13-7+. The van der Waals surface area contributed by atoms with Crippen molar-refractivity contribution >= 4 is 17.6 Å². The number of rotatable bonds is 1. The van der Waals surface area contributed by atoms with Crippen LogP contribution in [-0.2, 0) is 19.1 Å². The zero-order chi connectivity index (χ0) is 13.3. The van der Waals surface area contributed by atoms with Gasteiger partial charge in [0.05, 0.1) is 6.61 Å². The maximum atomic E-state index is 11.9. The van der Waals surface area contributed by atoms with Crippen molar-refractivity contribution in [3.8, 4) is 0 Å². The number of hydrogen-bond acceptors (Lipinski definition) is 5. The monoisotopic (exact) mass is 253 g/mol. The summed E-state index contributed by atoms with van der Waals surface area (Å²) >= 11 is 0. The van der Waals surface area contributed by atoms with Gasteiger partial charge in [0.25, 0.3) is 5.91 Å². The second-order valence-electron chi connectivity index (χ2n) is 4.35. The first kappa shape index (κ1) is 12.9. The van der Waals surface area contributed by atoms with E-state index in [-0.39, 0.29) is 24.2 Å². The molecule has 6 nitrogen and oxygen atoms in total. The van der Waals surface area contributed by atoms with E-state index in [9.17, 15) is 9.59 Å². The number of ether oxygens (including phenoxy) is 2. The number of aliphatic hydroxyl groups is 1. The molecule has 2 heterocycles. The Morgan fingerprint density at radius 2 is 2.17 bits per heavy atom. The summed E-state index contributed by atoms with van der Waals surface area (Å²) < 4.78 is 10.8. The molecule has 0 aromatic heterocycles. The number of hydrogen-bond donors (Lipinski definition) is 1. The van der Waals surface area contributed by atoms with Gasteiger partial charge >= 0.3 is 0 Å². The van der Waals surface area contributed by atoms with Crippen LogP contribution < -0.4 is 0 Å². The van der Waals surface area contributed by atoms with E-state index in [2.05, 4.69) is 4.99 Å². The minimum absolute atomic E-state index is 0.139. The van der Waals surface area contributed by atoms with Gasteiger partial charge in [-0.15, -0.1) is 0 Å². The third kappa shape index (κ3) is 2.34. The first-order valence-corrected chi connectivity index (χ1v) is 5.76. The van der Waals surface area contributed by atoms with E-state index in [1.807, 2.05) is 0 Å². The van der Waals surface area contributed by atoms with Crippen molar-refractivity contribution in [2.24, 2.45) is 4.99 Å². The van der Waals surface area contributed by atoms with Crippen molar-refractivity contribution in [3.05, 3.63) is 11.6 Å². The third-order valence-corrected chi connectivity index (χ3v) is 2.99. The van der Waals surface area contributed by atoms with Crippen LogP contribution in [0.4, 0.5) is 0 Å². The minimum atomic E-state index is -0.850. The van der Waals surface area contributed by atoms with Gasteiger partial charge in [-0.25, -0.2) is 0 Å². The van der Waals surface area contributed by atoms with Crippen LogP contribution in [-0.4, -0.2) is 47.6 Å². The molecule has 2 aliphatic heterocycles. The lowest BCUT2D eigenvalue weighted by Crippen LogP contribution is -2.33. The molecule has 2 aliphatic rings. The molecule has 0 saturated carbocycles. The van der Waals surface area contributed by atoms with Gasteiger partial charge in [0, 0.05) is 12.5 Å². The molecule has 0 aliphatic carbocycles. The van der Waals surface area contributed by atoms with Crippen molar-refractivity contribution in [3.63, 3.8) is 0 Å². The highest BCUT2D eigenvalue weighted by Crippen LogP contribution is 2.24. The molecule has 0 radical (unpaired) electrons. The zero-order valence-electron chi connectivity index (χ0n) is 10.3. The highest BCUT2D eigenvalue weighted by Gasteiger charge is 2.44. The lowest BCUT2D eigenvalue weighted by molar-refractivity contribution is -0.128. The number of aliphatic hydroxyl groups excluding tert-OH is 1. The van der Waals surface area contributed by atoms with Gasteiger partial charge < -0.3 is 14.6 Å². The van der Waals surface area contributed by atoms with Crippen LogP contribution in [0.25, 0.3) is 0 Å². The number of ketones is 1. The number of carbonyl (C=O) groups is 2. The predicted octanol–water partition coefficient (Wildman–Crippen LogP) is -0.00460. The zero-order valence-corrected chi connectivity index (χ0v) is 10.3. The normalized spacial score (nSPS) is 38.5. The maximum Gasteiger partial charge on any atom is 0.275 e. The van der Waals surface area contributed by atoms with Crippen LogP contribution in [0.2, 0.25) is 0 Å². The molecular formula is C12H15NO5. The minimum Gasteiger partial charge on any atom is -0.467 e. The summed E-state index contributed by atoms with van der Waals surface area (Å²) in [5.41, 5.74) is 0.488. The fourth-order valence-corrected chi connectivity index (χ4v) is 1.98. The number of fused-ring (bicyclic) bond motifs is 1. The van der Waals surface area contributed by atoms with Gasteiger partial charge in [-0.1, -0.05) is 6.08 Å². The van der Waals surface area contributed by atoms with Crippen LogP contribution in [0.3, 0.4) is 0 Å². The Balaban J connectivity index is 2.28. The first-order chi connectivity index (χ1) is 8.52. The van der Waals surface area contributed by atoms with E-state index >= 15 is 0 Å². The summed E-state index contributed by atoms with van der Waals surface area (Å²) in [5, 5.41) is 9.04. The maximum absolute atomic E-state index is 11.9. The summed E-state index contributed by atoms with van der Waals surface area (Å²) in [5.74, 6) is -0.545. The Morgan fingerprint density at radius 1 is 1.44 bits per heavy atom. The first-order valence-electron chi connectivity index (χ1n) is 5.76. The third-order valence-electron chi connectivity index (χ3n) is 2.99. The molecule has 98 valence electrons. The summed E-state index contributed by atoms with van der Waals surface area (Å²) in [6.45, 7) is 2.81. The van der Waals surface area contributed by atoms with Crippen LogP contribution in [0, 0.1) is 0 Å². The molecule has 2 rings (SSSR count). The molecule has 0 bridgehead atoms. The molecule has 1 fully saturated rings.